The second-order valence-corrected chi connectivity index (χ2v) is 8.35. The van der Waals surface area contributed by atoms with Crippen LogP contribution in [0.2, 0.25) is 0 Å². The summed E-state index contributed by atoms with van der Waals surface area (Å²) in [7, 11) is 0. The van der Waals surface area contributed by atoms with Gasteiger partial charge in [0.05, 0.1) is 17.8 Å². The molecule has 0 spiro atoms. The van der Waals surface area contributed by atoms with E-state index >= 15 is 0 Å². The zero-order valence-electron chi connectivity index (χ0n) is 17.0. The van der Waals surface area contributed by atoms with E-state index in [4.69, 9.17) is 0 Å². The Kier molecular flexibility index (Phi) is 4.09. The number of aromatic nitrogens is 6. The minimum absolute atomic E-state index is 0.00789. The van der Waals surface area contributed by atoms with Gasteiger partial charge in [-0.1, -0.05) is 6.07 Å². The van der Waals surface area contributed by atoms with Crippen LogP contribution in [0.5, 0.6) is 0 Å². The Balaban J connectivity index is 1.48. The van der Waals surface area contributed by atoms with Crippen molar-refractivity contribution < 1.29 is 9.18 Å². The van der Waals surface area contributed by atoms with Gasteiger partial charge in [-0.15, -0.1) is 10.2 Å². The molecule has 4 heterocycles. The molecule has 154 valence electrons. The van der Waals surface area contributed by atoms with E-state index in [0.29, 0.717) is 28.5 Å². The normalized spacial score (nSPS) is 15.6. The van der Waals surface area contributed by atoms with E-state index in [1.807, 2.05) is 23.5 Å². The number of nitrogens with zero attached hydrogens (tertiary/aromatic N) is 6. The number of rotatable bonds is 5. The summed E-state index contributed by atoms with van der Waals surface area (Å²) in [5.41, 5.74) is 1.15. The first-order valence-electron chi connectivity index (χ1n) is 10.0. The SMILES string of the molecule is CC(c1ccc2nc(NC(=O)C3CC3)cn2n1)c1nnc2ccc(C(C)(C)F)cn12. The maximum Gasteiger partial charge on any atom is 0.228 e. The molecule has 1 N–H and O–H groups in total. The van der Waals surface area contributed by atoms with Crippen LogP contribution in [0.15, 0.2) is 36.7 Å². The average molecular weight is 407 g/mol. The number of carbonyl (C=O) groups excluding carboxylic acids is 1. The maximum absolute atomic E-state index is 14.4. The summed E-state index contributed by atoms with van der Waals surface area (Å²) < 4.78 is 17.9. The van der Waals surface area contributed by atoms with Gasteiger partial charge >= 0.3 is 0 Å². The minimum Gasteiger partial charge on any atom is -0.309 e. The highest BCUT2D eigenvalue weighted by Gasteiger charge is 2.30. The molecule has 0 bridgehead atoms. The first-order valence-corrected chi connectivity index (χ1v) is 10.0. The molecule has 9 heteroatoms. The molecule has 1 atom stereocenters. The van der Waals surface area contributed by atoms with Crippen LogP contribution in [0, 0.1) is 5.92 Å². The Labute approximate surface area is 172 Å². The van der Waals surface area contributed by atoms with Crippen molar-refractivity contribution in [1.29, 1.82) is 0 Å². The molecule has 0 radical (unpaired) electrons. The number of hydrogen-bond acceptors (Lipinski definition) is 5. The first-order chi connectivity index (χ1) is 14.3. The summed E-state index contributed by atoms with van der Waals surface area (Å²) in [5, 5.41) is 16.0. The summed E-state index contributed by atoms with van der Waals surface area (Å²) in [6, 6.07) is 7.22. The third-order valence-electron chi connectivity index (χ3n) is 5.49. The largest absolute Gasteiger partial charge is 0.309 e. The van der Waals surface area contributed by atoms with Crippen LogP contribution in [-0.4, -0.2) is 35.1 Å². The molecule has 4 aromatic heterocycles. The van der Waals surface area contributed by atoms with Crippen LogP contribution in [0.25, 0.3) is 11.3 Å². The number of pyridine rings is 1. The van der Waals surface area contributed by atoms with E-state index in [9.17, 15) is 9.18 Å². The summed E-state index contributed by atoms with van der Waals surface area (Å²) in [6.45, 7) is 5.02. The van der Waals surface area contributed by atoms with E-state index in [2.05, 4.69) is 25.6 Å². The van der Waals surface area contributed by atoms with E-state index < -0.39 is 5.67 Å². The molecule has 1 aliphatic rings. The molecule has 0 aliphatic heterocycles. The monoisotopic (exact) mass is 407 g/mol. The average Bonchev–Trinajstić information content (AvgIpc) is 3.35. The van der Waals surface area contributed by atoms with E-state index in [0.717, 1.165) is 18.5 Å². The summed E-state index contributed by atoms with van der Waals surface area (Å²) >= 11 is 0. The molecule has 1 fully saturated rings. The maximum atomic E-state index is 14.4. The van der Waals surface area contributed by atoms with Gasteiger partial charge in [0.25, 0.3) is 0 Å². The molecular weight excluding hydrogens is 385 g/mol. The van der Waals surface area contributed by atoms with Crippen molar-refractivity contribution in [1.82, 2.24) is 29.2 Å². The van der Waals surface area contributed by atoms with Crippen molar-refractivity contribution >= 4 is 23.0 Å². The second kappa shape index (κ2) is 6.58. The van der Waals surface area contributed by atoms with Crippen molar-refractivity contribution in [3.05, 3.63) is 53.7 Å². The highest BCUT2D eigenvalue weighted by molar-refractivity contribution is 5.93. The van der Waals surface area contributed by atoms with E-state index in [-0.39, 0.29) is 17.7 Å². The predicted octanol–water partition coefficient (Wildman–Crippen LogP) is 3.48. The lowest BCUT2D eigenvalue weighted by Crippen LogP contribution is -2.13. The molecule has 4 aromatic rings. The van der Waals surface area contributed by atoms with Crippen LogP contribution >= 0.6 is 0 Å². The van der Waals surface area contributed by atoms with E-state index in [1.165, 1.54) is 13.8 Å². The number of fused-ring (bicyclic) bond motifs is 2. The van der Waals surface area contributed by atoms with Crippen molar-refractivity contribution in [2.75, 3.05) is 5.32 Å². The van der Waals surface area contributed by atoms with Crippen LogP contribution in [0.3, 0.4) is 0 Å². The number of anilines is 1. The molecule has 1 unspecified atom stereocenters. The van der Waals surface area contributed by atoms with Crippen molar-refractivity contribution in [2.24, 2.45) is 5.92 Å². The van der Waals surface area contributed by atoms with Crippen LogP contribution in [-0.2, 0) is 10.5 Å². The van der Waals surface area contributed by atoms with Crippen molar-refractivity contribution in [2.45, 2.75) is 45.2 Å². The number of carbonyl (C=O) groups is 1. The molecular formula is C21H22FN7O. The number of nitrogens with one attached hydrogen (secondary N) is 1. The number of halogens is 1. The van der Waals surface area contributed by atoms with Gasteiger partial charge in [0.15, 0.2) is 17.1 Å². The third kappa shape index (κ3) is 3.30. The van der Waals surface area contributed by atoms with Crippen LogP contribution < -0.4 is 5.32 Å². The molecule has 0 aromatic carbocycles. The molecule has 1 saturated carbocycles. The van der Waals surface area contributed by atoms with Gasteiger partial charge in [-0.3, -0.25) is 9.20 Å². The lowest BCUT2D eigenvalue weighted by atomic mass is 10.0. The standard InChI is InChI=1S/C21H22FN7O/c1-12(19-26-25-18-8-6-14(10-28(18)19)21(2,3)22)15-7-9-17-23-16(11-29(17)27-15)24-20(30)13-4-5-13/h6-13H,4-5H2,1-3H3,(H,24,30). The van der Waals surface area contributed by atoms with Crippen LogP contribution in [0.1, 0.15) is 56.6 Å². The lowest BCUT2D eigenvalue weighted by Gasteiger charge is -2.15. The lowest BCUT2D eigenvalue weighted by molar-refractivity contribution is -0.117. The quantitative estimate of drug-likeness (QED) is 0.547. The van der Waals surface area contributed by atoms with Crippen molar-refractivity contribution in [3.63, 3.8) is 0 Å². The van der Waals surface area contributed by atoms with Gasteiger partial charge in [-0.05, 0) is 51.8 Å². The molecule has 0 saturated heterocycles. The Morgan fingerprint density at radius 2 is 1.93 bits per heavy atom. The Morgan fingerprint density at radius 1 is 1.17 bits per heavy atom. The topological polar surface area (TPSA) is 89.5 Å². The smallest absolute Gasteiger partial charge is 0.228 e. The van der Waals surface area contributed by atoms with Gasteiger partial charge in [-0.2, -0.15) is 5.10 Å². The van der Waals surface area contributed by atoms with Gasteiger partial charge in [-0.25, -0.2) is 13.9 Å². The second-order valence-electron chi connectivity index (χ2n) is 8.35. The van der Waals surface area contributed by atoms with Crippen molar-refractivity contribution in [3.8, 4) is 0 Å². The first kappa shape index (κ1) is 18.7. The molecule has 1 aliphatic carbocycles. The fourth-order valence-corrected chi connectivity index (χ4v) is 3.45. The van der Waals surface area contributed by atoms with Gasteiger partial charge in [0.2, 0.25) is 5.91 Å². The Bertz CT molecular complexity index is 1270. The summed E-state index contributed by atoms with van der Waals surface area (Å²) in [6.07, 6.45) is 5.32. The van der Waals surface area contributed by atoms with Gasteiger partial charge in [0, 0.05) is 17.7 Å². The van der Waals surface area contributed by atoms with E-state index in [1.54, 1.807) is 29.0 Å². The van der Waals surface area contributed by atoms with Gasteiger partial charge < -0.3 is 5.32 Å². The zero-order chi connectivity index (χ0) is 21.0. The highest BCUT2D eigenvalue weighted by atomic mass is 19.1. The minimum atomic E-state index is -1.46. The number of imidazole rings is 1. The van der Waals surface area contributed by atoms with Crippen LogP contribution in [0.4, 0.5) is 10.2 Å². The number of amides is 1. The predicted molar refractivity (Wildman–Crippen MR) is 109 cm³/mol. The highest BCUT2D eigenvalue weighted by Crippen LogP contribution is 2.30. The summed E-state index contributed by atoms with van der Waals surface area (Å²) in [5.74, 6) is 1.10. The van der Waals surface area contributed by atoms with Gasteiger partial charge in [0.1, 0.15) is 11.5 Å². The third-order valence-corrected chi connectivity index (χ3v) is 5.49. The zero-order valence-corrected chi connectivity index (χ0v) is 17.0. The molecule has 8 nitrogen and oxygen atoms in total. The molecule has 30 heavy (non-hydrogen) atoms. The fraction of sp³-hybridized carbons (Fsp3) is 0.381. The number of alkyl halides is 1. The Hall–Kier alpha value is -3.36. The Morgan fingerprint density at radius 3 is 2.67 bits per heavy atom. The molecule has 1 amide bonds. The molecule has 5 rings (SSSR count). The fourth-order valence-electron chi connectivity index (χ4n) is 3.45. The number of hydrogen-bond donors (Lipinski definition) is 1. The summed E-state index contributed by atoms with van der Waals surface area (Å²) in [4.78, 5) is 16.4.